The first kappa shape index (κ1) is 18.2. The van der Waals surface area contributed by atoms with E-state index < -0.39 is 0 Å². The van der Waals surface area contributed by atoms with Gasteiger partial charge in [-0.3, -0.25) is 9.39 Å². The van der Waals surface area contributed by atoms with E-state index in [4.69, 9.17) is 5.73 Å². The third-order valence-corrected chi connectivity index (χ3v) is 3.78. The fourth-order valence-corrected chi connectivity index (χ4v) is 2.34. The van der Waals surface area contributed by atoms with E-state index in [0.29, 0.717) is 18.9 Å². The number of aliphatic imine (C=N–C) groups is 1. The Morgan fingerprint density at radius 3 is 2.79 bits per heavy atom. The van der Waals surface area contributed by atoms with Gasteiger partial charge in [0.05, 0.1) is 0 Å². The van der Waals surface area contributed by atoms with Crippen molar-refractivity contribution >= 4 is 41.3 Å². The van der Waals surface area contributed by atoms with Crippen molar-refractivity contribution in [3.63, 3.8) is 0 Å². The van der Waals surface area contributed by atoms with Gasteiger partial charge in [0.25, 0.3) is 0 Å². The van der Waals surface area contributed by atoms with Gasteiger partial charge in [0.2, 0.25) is 0 Å². The van der Waals surface area contributed by atoms with Crippen molar-refractivity contribution in [2.24, 2.45) is 10.7 Å². The summed E-state index contributed by atoms with van der Waals surface area (Å²) in [7, 11) is 0. The maximum atomic E-state index is 5.94. The molecule has 3 aromatic rings. The van der Waals surface area contributed by atoms with E-state index in [1.54, 1.807) is 0 Å². The monoisotopic (exact) mass is 436 g/mol. The number of aryl methyl sites for hydroxylation is 2. The van der Waals surface area contributed by atoms with E-state index in [2.05, 4.69) is 46.5 Å². The van der Waals surface area contributed by atoms with Crippen molar-refractivity contribution in [2.45, 2.75) is 20.3 Å². The smallest absolute Gasteiger partial charge is 0.193 e. The van der Waals surface area contributed by atoms with Gasteiger partial charge < -0.3 is 11.1 Å². The summed E-state index contributed by atoms with van der Waals surface area (Å²) in [5.74, 6) is 1.28. The zero-order valence-electron chi connectivity index (χ0n) is 13.7. The van der Waals surface area contributed by atoms with Gasteiger partial charge in [0, 0.05) is 24.8 Å². The molecule has 7 heteroatoms. The van der Waals surface area contributed by atoms with Crippen LogP contribution < -0.4 is 11.1 Å². The Hall–Kier alpha value is -2.16. The fraction of sp³-hybridized carbons (Fsp3) is 0.235. The van der Waals surface area contributed by atoms with Gasteiger partial charge >= 0.3 is 0 Å². The lowest BCUT2D eigenvalue weighted by Gasteiger charge is -2.08. The molecule has 0 radical (unpaired) electrons. The van der Waals surface area contributed by atoms with Crippen molar-refractivity contribution in [1.29, 1.82) is 0 Å². The summed E-state index contributed by atoms with van der Waals surface area (Å²) in [5, 5.41) is 11.4. The first-order chi connectivity index (χ1) is 11.1. The number of guanidine groups is 1. The molecule has 24 heavy (non-hydrogen) atoms. The third-order valence-electron chi connectivity index (χ3n) is 3.78. The molecule has 0 spiro atoms. The molecule has 3 rings (SSSR count). The molecule has 0 bridgehead atoms. The van der Waals surface area contributed by atoms with Crippen LogP contribution in [-0.4, -0.2) is 27.1 Å². The number of halogens is 1. The van der Waals surface area contributed by atoms with Gasteiger partial charge in [-0.05, 0) is 49.2 Å². The minimum atomic E-state index is 0. The van der Waals surface area contributed by atoms with E-state index in [-0.39, 0.29) is 24.0 Å². The number of hydrogen-bond acceptors (Lipinski definition) is 3. The predicted octanol–water partition coefficient (Wildman–Crippen LogP) is 2.93. The van der Waals surface area contributed by atoms with Crippen LogP contribution in [0.4, 0.5) is 5.69 Å². The molecule has 0 atom stereocenters. The minimum Gasteiger partial charge on any atom is -0.370 e. The highest BCUT2D eigenvalue weighted by Gasteiger charge is 2.04. The van der Waals surface area contributed by atoms with E-state index in [1.165, 1.54) is 11.1 Å². The molecule has 6 nitrogen and oxygen atoms in total. The largest absolute Gasteiger partial charge is 0.370 e. The number of hydrogen-bond donors (Lipinski definition) is 2. The normalized spacial score (nSPS) is 11.3. The maximum Gasteiger partial charge on any atom is 0.193 e. The van der Waals surface area contributed by atoms with E-state index in [0.717, 1.165) is 17.2 Å². The highest BCUT2D eigenvalue weighted by molar-refractivity contribution is 14.0. The van der Waals surface area contributed by atoms with Crippen LogP contribution in [0.5, 0.6) is 0 Å². The first-order valence-electron chi connectivity index (χ1n) is 7.56. The number of nitrogens with two attached hydrogens (primary N) is 1. The van der Waals surface area contributed by atoms with E-state index in [9.17, 15) is 0 Å². The van der Waals surface area contributed by atoms with Crippen LogP contribution in [-0.2, 0) is 6.42 Å². The molecule has 2 aromatic heterocycles. The fourth-order valence-electron chi connectivity index (χ4n) is 2.34. The van der Waals surface area contributed by atoms with Crippen molar-refractivity contribution < 1.29 is 0 Å². The quantitative estimate of drug-likeness (QED) is 0.375. The lowest BCUT2D eigenvalue weighted by atomic mass is 10.1. The number of aromatic nitrogens is 3. The topological polar surface area (TPSA) is 80.6 Å². The molecular formula is C17H21IN6. The van der Waals surface area contributed by atoms with Gasteiger partial charge in [-0.25, -0.2) is 0 Å². The van der Waals surface area contributed by atoms with Crippen LogP contribution in [0.1, 0.15) is 17.0 Å². The summed E-state index contributed by atoms with van der Waals surface area (Å²) in [4.78, 5) is 4.36. The SMILES string of the molecule is Cc1ccc(NC(N)=NCCc2nnc3ccccn23)cc1C.I. The summed E-state index contributed by atoms with van der Waals surface area (Å²) in [6.07, 6.45) is 2.63. The molecule has 0 aliphatic heterocycles. The number of anilines is 1. The number of nitrogens with one attached hydrogen (secondary N) is 1. The number of nitrogens with zero attached hydrogens (tertiary/aromatic N) is 4. The minimum absolute atomic E-state index is 0. The van der Waals surface area contributed by atoms with Crippen molar-refractivity contribution in [1.82, 2.24) is 14.6 Å². The van der Waals surface area contributed by atoms with Gasteiger partial charge in [0.15, 0.2) is 11.6 Å². The van der Waals surface area contributed by atoms with Gasteiger partial charge in [-0.15, -0.1) is 34.2 Å². The molecular weight excluding hydrogens is 415 g/mol. The number of fused-ring (bicyclic) bond motifs is 1. The van der Waals surface area contributed by atoms with Gasteiger partial charge in [-0.1, -0.05) is 12.1 Å². The zero-order valence-corrected chi connectivity index (χ0v) is 16.1. The highest BCUT2D eigenvalue weighted by Crippen LogP contribution is 2.13. The molecule has 3 N–H and O–H groups in total. The Morgan fingerprint density at radius 2 is 2.00 bits per heavy atom. The molecule has 0 saturated heterocycles. The summed E-state index contributed by atoms with van der Waals surface area (Å²) in [6.45, 7) is 4.71. The summed E-state index contributed by atoms with van der Waals surface area (Å²) >= 11 is 0. The van der Waals surface area contributed by atoms with Crippen LogP contribution in [0, 0.1) is 13.8 Å². The van der Waals surface area contributed by atoms with Gasteiger partial charge in [0.1, 0.15) is 5.82 Å². The molecule has 0 aliphatic rings. The van der Waals surface area contributed by atoms with Gasteiger partial charge in [-0.2, -0.15) is 0 Å². The average Bonchev–Trinajstić information content (AvgIpc) is 2.94. The van der Waals surface area contributed by atoms with Crippen LogP contribution in [0.3, 0.4) is 0 Å². The lowest BCUT2D eigenvalue weighted by molar-refractivity contribution is 0.847. The summed E-state index contributed by atoms with van der Waals surface area (Å²) in [6, 6.07) is 11.9. The summed E-state index contributed by atoms with van der Waals surface area (Å²) < 4.78 is 1.96. The molecule has 2 heterocycles. The number of pyridine rings is 1. The average molecular weight is 436 g/mol. The van der Waals surface area contributed by atoms with Crippen LogP contribution in [0.15, 0.2) is 47.6 Å². The summed E-state index contributed by atoms with van der Waals surface area (Å²) in [5.41, 5.74) is 10.2. The number of benzene rings is 1. The lowest BCUT2D eigenvalue weighted by Crippen LogP contribution is -2.23. The van der Waals surface area contributed by atoms with Crippen molar-refractivity contribution in [2.75, 3.05) is 11.9 Å². The van der Waals surface area contributed by atoms with E-state index >= 15 is 0 Å². The molecule has 0 amide bonds. The Bertz CT molecular complexity index is 855. The predicted molar refractivity (Wildman–Crippen MR) is 108 cm³/mol. The Labute approximate surface area is 158 Å². The first-order valence-corrected chi connectivity index (χ1v) is 7.56. The van der Waals surface area contributed by atoms with Crippen molar-refractivity contribution in [3.05, 3.63) is 59.5 Å². The second-order valence-electron chi connectivity index (χ2n) is 5.49. The number of rotatable bonds is 4. The van der Waals surface area contributed by atoms with Crippen LogP contribution in [0.25, 0.3) is 5.65 Å². The highest BCUT2D eigenvalue weighted by atomic mass is 127. The van der Waals surface area contributed by atoms with Crippen molar-refractivity contribution in [3.8, 4) is 0 Å². The molecule has 0 aliphatic carbocycles. The Balaban J connectivity index is 0.00000208. The molecule has 0 unspecified atom stereocenters. The standard InChI is InChI=1S/C17H20N6.HI/c1-12-6-7-14(11-13(12)2)20-17(18)19-9-8-16-22-21-15-5-3-4-10-23(15)16;/h3-7,10-11H,8-9H2,1-2H3,(H3,18,19,20);1H. The Morgan fingerprint density at radius 1 is 1.17 bits per heavy atom. The second-order valence-corrected chi connectivity index (χ2v) is 5.49. The molecule has 1 aromatic carbocycles. The zero-order chi connectivity index (χ0) is 16.2. The Kier molecular flexibility index (Phi) is 6.13. The second kappa shape index (κ2) is 8.09. The molecule has 0 fully saturated rings. The third kappa shape index (κ3) is 4.22. The maximum absolute atomic E-state index is 5.94. The van der Waals surface area contributed by atoms with E-state index in [1.807, 2.05) is 34.9 Å². The molecule has 0 saturated carbocycles. The molecule has 126 valence electrons. The van der Waals surface area contributed by atoms with Crippen LogP contribution >= 0.6 is 24.0 Å². The van der Waals surface area contributed by atoms with Crippen LogP contribution in [0.2, 0.25) is 0 Å².